The molecule has 9 nitrogen and oxygen atoms in total. The van der Waals surface area contributed by atoms with Crippen molar-refractivity contribution in [3.63, 3.8) is 0 Å². The Morgan fingerprint density at radius 1 is 1.08 bits per heavy atom. The van der Waals surface area contributed by atoms with Crippen LogP contribution in [0.1, 0.15) is 68.8 Å². The summed E-state index contributed by atoms with van der Waals surface area (Å²) < 4.78 is 0. The van der Waals surface area contributed by atoms with Crippen molar-refractivity contribution in [2.45, 2.75) is 58.3 Å². The van der Waals surface area contributed by atoms with Crippen LogP contribution in [0.4, 0.5) is 11.8 Å². The van der Waals surface area contributed by atoms with Crippen molar-refractivity contribution < 1.29 is 4.79 Å². The van der Waals surface area contributed by atoms with Crippen molar-refractivity contribution in [1.29, 1.82) is 0 Å². The molecule has 0 aromatic carbocycles. The molecule has 2 aromatic heterocycles. The Hall–Kier alpha value is -2.58. The van der Waals surface area contributed by atoms with Crippen molar-refractivity contribution in [2.75, 3.05) is 17.2 Å². The Balaban J connectivity index is 1.65. The van der Waals surface area contributed by atoms with E-state index in [1.54, 1.807) is 6.20 Å². The van der Waals surface area contributed by atoms with Gasteiger partial charge in [-0.05, 0) is 11.6 Å². The van der Waals surface area contributed by atoms with Crippen LogP contribution in [0, 0.1) is 0 Å². The summed E-state index contributed by atoms with van der Waals surface area (Å²) in [5, 5.41) is 18.7. The second kappa shape index (κ2) is 11.1. The van der Waals surface area contributed by atoms with Gasteiger partial charge >= 0.3 is 0 Å². The Morgan fingerprint density at radius 2 is 1.84 bits per heavy atom. The second-order valence-electron chi connectivity index (χ2n) is 5.88. The summed E-state index contributed by atoms with van der Waals surface area (Å²) in [6.07, 6.45) is 13.2. The number of carbonyl (C=O) groups is 1. The first-order chi connectivity index (χ1) is 12.3. The lowest BCUT2D eigenvalue weighted by atomic mass is 10.1. The molecule has 0 unspecified atom stereocenters. The van der Waals surface area contributed by atoms with Gasteiger partial charge in [0, 0.05) is 6.54 Å². The molecule has 0 atom stereocenters. The number of aromatic nitrogens is 6. The number of rotatable bonds is 12. The average molecular weight is 346 g/mol. The molecule has 25 heavy (non-hydrogen) atoms. The third-order valence-corrected chi connectivity index (χ3v) is 3.77. The lowest BCUT2D eigenvalue weighted by Crippen LogP contribution is -2.16. The molecule has 0 spiro atoms. The van der Waals surface area contributed by atoms with E-state index in [0.717, 1.165) is 13.0 Å². The topological polar surface area (TPSA) is 121 Å². The van der Waals surface area contributed by atoms with E-state index in [0.29, 0.717) is 5.82 Å². The molecular formula is C16H26N8O. The molecule has 9 heteroatoms. The molecule has 2 heterocycles. The number of nitrogens with zero attached hydrogens (tertiary/aromatic N) is 5. The molecule has 1 amide bonds. The minimum atomic E-state index is -0.426. The molecule has 0 bridgehead atoms. The highest BCUT2D eigenvalue weighted by Crippen LogP contribution is 2.09. The summed E-state index contributed by atoms with van der Waals surface area (Å²) in [6, 6.07) is 0. The Kier molecular flexibility index (Phi) is 8.30. The van der Waals surface area contributed by atoms with Crippen LogP contribution >= 0.6 is 0 Å². The van der Waals surface area contributed by atoms with Gasteiger partial charge in [-0.3, -0.25) is 15.1 Å². The minimum Gasteiger partial charge on any atom is -0.369 e. The van der Waals surface area contributed by atoms with E-state index in [2.05, 4.69) is 48.1 Å². The van der Waals surface area contributed by atoms with E-state index in [1.807, 2.05) is 0 Å². The number of aromatic amines is 1. The maximum Gasteiger partial charge on any atom is 0.278 e. The average Bonchev–Trinajstić information content (AvgIpc) is 3.13. The predicted molar refractivity (Wildman–Crippen MR) is 95.3 cm³/mol. The Bertz CT molecular complexity index is 616. The highest BCUT2D eigenvalue weighted by atomic mass is 16.2. The number of H-pyrrole nitrogens is 1. The SMILES string of the molecule is CCCCCCCCCCNc1cncc(C(=O)Nc2nn[nH]n2)n1. The summed E-state index contributed by atoms with van der Waals surface area (Å²) in [4.78, 5) is 20.3. The van der Waals surface area contributed by atoms with Gasteiger partial charge < -0.3 is 5.32 Å². The number of unbranched alkanes of at least 4 members (excludes halogenated alkanes) is 7. The number of anilines is 2. The van der Waals surface area contributed by atoms with E-state index in [4.69, 9.17) is 0 Å². The fourth-order valence-electron chi connectivity index (χ4n) is 2.42. The van der Waals surface area contributed by atoms with Gasteiger partial charge in [-0.1, -0.05) is 57.0 Å². The van der Waals surface area contributed by atoms with Crippen LogP contribution in [0.2, 0.25) is 0 Å². The number of hydrogen-bond acceptors (Lipinski definition) is 7. The van der Waals surface area contributed by atoms with Gasteiger partial charge in [-0.25, -0.2) is 4.98 Å². The fourth-order valence-corrected chi connectivity index (χ4v) is 2.42. The first kappa shape index (κ1) is 18.8. The second-order valence-corrected chi connectivity index (χ2v) is 5.88. The molecule has 136 valence electrons. The van der Waals surface area contributed by atoms with E-state index in [-0.39, 0.29) is 11.6 Å². The van der Waals surface area contributed by atoms with Crippen LogP contribution in [-0.4, -0.2) is 43.0 Å². The number of tetrazole rings is 1. The number of nitrogens with one attached hydrogen (secondary N) is 3. The first-order valence-corrected chi connectivity index (χ1v) is 8.90. The van der Waals surface area contributed by atoms with E-state index in [9.17, 15) is 4.79 Å². The third kappa shape index (κ3) is 7.23. The maximum atomic E-state index is 12.0. The van der Waals surface area contributed by atoms with Crippen LogP contribution in [0.3, 0.4) is 0 Å². The van der Waals surface area contributed by atoms with Crippen LogP contribution in [0.25, 0.3) is 0 Å². The van der Waals surface area contributed by atoms with Crippen molar-refractivity contribution in [3.8, 4) is 0 Å². The molecule has 0 saturated carbocycles. The summed E-state index contributed by atoms with van der Waals surface area (Å²) in [5.74, 6) is 0.262. The van der Waals surface area contributed by atoms with Crippen LogP contribution in [0.15, 0.2) is 12.4 Å². The van der Waals surface area contributed by atoms with Crippen LogP contribution in [-0.2, 0) is 0 Å². The van der Waals surface area contributed by atoms with Crippen molar-refractivity contribution in [1.82, 2.24) is 30.6 Å². The molecule has 2 aromatic rings. The van der Waals surface area contributed by atoms with Crippen molar-refractivity contribution in [3.05, 3.63) is 18.1 Å². The van der Waals surface area contributed by atoms with Gasteiger partial charge in [0.2, 0.25) is 0 Å². The summed E-state index contributed by atoms with van der Waals surface area (Å²) in [6.45, 7) is 3.05. The zero-order chi connectivity index (χ0) is 17.7. The lowest BCUT2D eigenvalue weighted by Gasteiger charge is -2.06. The van der Waals surface area contributed by atoms with E-state index >= 15 is 0 Å². The molecule has 0 aliphatic carbocycles. The van der Waals surface area contributed by atoms with Crippen LogP contribution in [0.5, 0.6) is 0 Å². The van der Waals surface area contributed by atoms with Gasteiger partial charge in [-0.2, -0.15) is 5.21 Å². The van der Waals surface area contributed by atoms with Gasteiger partial charge in [0.1, 0.15) is 11.5 Å². The summed E-state index contributed by atoms with van der Waals surface area (Å²) in [7, 11) is 0. The fraction of sp³-hybridized carbons (Fsp3) is 0.625. The quantitative estimate of drug-likeness (QED) is 0.505. The third-order valence-electron chi connectivity index (χ3n) is 3.77. The smallest absolute Gasteiger partial charge is 0.278 e. The van der Waals surface area contributed by atoms with E-state index in [1.165, 1.54) is 51.1 Å². The number of hydrogen-bond donors (Lipinski definition) is 3. The monoisotopic (exact) mass is 346 g/mol. The molecular weight excluding hydrogens is 320 g/mol. The predicted octanol–water partition coefficient (Wildman–Crippen LogP) is 2.79. The first-order valence-electron chi connectivity index (χ1n) is 8.90. The maximum absolute atomic E-state index is 12.0. The zero-order valence-corrected chi connectivity index (χ0v) is 14.7. The standard InChI is InChI=1S/C16H26N8O/c1-2-3-4-5-6-7-8-9-10-18-14-12-17-11-13(19-14)15(25)20-16-21-23-24-22-16/h11-12H,2-10H2,1H3,(H,18,19)(H2,20,21,22,23,24,25). The summed E-state index contributed by atoms with van der Waals surface area (Å²) >= 11 is 0. The molecule has 0 aliphatic rings. The highest BCUT2D eigenvalue weighted by Gasteiger charge is 2.11. The highest BCUT2D eigenvalue weighted by molar-refractivity contribution is 6.01. The summed E-state index contributed by atoms with van der Waals surface area (Å²) in [5.41, 5.74) is 0.200. The largest absolute Gasteiger partial charge is 0.369 e. The van der Waals surface area contributed by atoms with Crippen molar-refractivity contribution >= 4 is 17.7 Å². The number of carbonyl (C=O) groups excluding carboxylic acids is 1. The van der Waals surface area contributed by atoms with E-state index < -0.39 is 5.91 Å². The Labute approximate surface area is 147 Å². The van der Waals surface area contributed by atoms with Crippen molar-refractivity contribution in [2.24, 2.45) is 0 Å². The van der Waals surface area contributed by atoms with Gasteiger partial charge in [0.05, 0.1) is 12.4 Å². The molecule has 2 rings (SSSR count). The van der Waals surface area contributed by atoms with Gasteiger partial charge in [-0.15, -0.1) is 5.10 Å². The normalized spacial score (nSPS) is 10.6. The Morgan fingerprint density at radius 3 is 2.56 bits per heavy atom. The molecule has 0 aliphatic heterocycles. The molecule has 0 radical (unpaired) electrons. The molecule has 3 N–H and O–H groups in total. The number of amides is 1. The van der Waals surface area contributed by atoms with Gasteiger partial charge in [0.25, 0.3) is 11.9 Å². The minimum absolute atomic E-state index is 0.101. The molecule has 0 fully saturated rings. The lowest BCUT2D eigenvalue weighted by molar-refractivity contribution is 0.102. The molecule has 0 saturated heterocycles. The van der Waals surface area contributed by atoms with Gasteiger partial charge in [0.15, 0.2) is 0 Å². The zero-order valence-electron chi connectivity index (χ0n) is 14.7. The van der Waals surface area contributed by atoms with Crippen LogP contribution < -0.4 is 10.6 Å².